The van der Waals surface area contributed by atoms with Crippen molar-refractivity contribution in [2.24, 2.45) is 0 Å². The van der Waals surface area contributed by atoms with E-state index >= 15 is 0 Å². The van der Waals surface area contributed by atoms with Crippen molar-refractivity contribution >= 4 is 22.8 Å². The lowest BCUT2D eigenvalue weighted by Gasteiger charge is -2.15. The number of aromatic nitrogens is 3. The third kappa shape index (κ3) is 4.15. The molecule has 2 aliphatic rings. The Morgan fingerprint density at radius 3 is 2.73 bits per heavy atom. The number of hydrogen-bond donors (Lipinski definition) is 1. The summed E-state index contributed by atoms with van der Waals surface area (Å²) in [4.78, 5) is 12.3. The summed E-state index contributed by atoms with van der Waals surface area (Å²) >= 11 is 6.55. The first-order chi connectivity index (χ1) is 16.2. The summed E-state index contributed by atoms with van der Waals surface area (Å²) in [5, 5.41) is 0.527. The molecule has 3 atom stereocenters. The fraction of sp³-hybridized carbons (Fsp3) is 0.280. The van der Waals surface area contributed by atoms with Crippen LogP contribution in [0.2, 0.25) is 5.02 Å². The third-order valence-electron chi connectivity index (χ3n) is 5.96. The number of pyridine rings is 1. The Balaban J connectivity index is 1.19. The van der Waals surface area contributed by atoms with Gasteiger partial charge in [-0.25, -0.2) is 4.98 Å². The molecule has 0 radical (unpaired) electrons. The molecule has 4 aromatic rings. The van der Waals surface area contributed by atoms with E-state index in [9.17, 15) is 0 Å². The number of halogens is 1. The molecule has 2 unspecified atom stereocenters. The number of H-pyrrole nitrogens is 1. The zero-order valence-corrected chi connectivity index (χ0v) is 18.5. The van der Waals surface area contributed by atoms with E-state index in [2.05, 4.69) is 15.0 Å². The second kappa shape index (κ2) is 8.67. The van der Waals surface area contributed by atoms with Crippen LogP contribution >= 0.6 is 11.6 Å². The van der Waals surface area contributed by atoms with Crippen LogP contribution in [0.1, 0.15) is 12.0 Å². The molecule has 168 valence electrons. The molecular formula is C25H22ClN3O4. The van der Waals surface area contributed by atoms with Crippen LogP contribution in [-0.4, -0.2) is 46.5 Å². The summed E-state index contributed by atoms with van der Waals surface area (Å²) in [7, 11) is 0. The number of ether oxygens (including phenoxy) is 4. The molecule has 0 amide bonds. The minimum Gasteiger partial charge on any atom is -0.489 e. The first kappa shape index (κ1) is 20.5. The van der Waals surface area contributed by atoms with Crippen molar-refractivity contribution in [2.45, 2.75) is 31.3 Å². The molecule has 2 fully saturated rings. The van der Waals surface area contributed by atoms with Gasteiger partial charge in [0.1, 0.15) is 18.5 Å². The van der Waals surface area contributed by atoms with Gasteiger partial charge in [-0.3, -0.25) is 0 Å². The number of imidazole rings is 1. The largest absolute Gasteiger partial charge is 0.489 e. The Bertz CT molecular complexity index is 1260. The first-order valence-electron chi connectivity index (χ1n) is 11.0. The summed E-state index contributed by atoms with van der Waals surface area (Å²) in [6, 6.07) is 20.0. The topological polar surface area (TPSA) is 78.5 Å². The fourth-order valence-electron chi connectivity index (χ4n) is 4.28. The Morgan fingerprint density at radius 1 is 1.03 bits per heavy atom. The smallest absolute Gasteiger partial charge is 0.296 e. The van der Waals surface area contributed by atoms with E-state index in [1.54, 1.807) is 0 Å². The molecule has 0 spiro atoms. The average molecular weight is 464 g/mol. The van der Waals surface area contributed by atoms with Gasteiger partial charge in [0.05, 0.1) is 28.9 Å². The van der Waals surface area contributed by atoms with Crippen LogP contribution in [0, 0.1) is 0 Å². The molecule has 1 N–H and O–H groups in total. The van der Waals surface area contributed by atoms with E-state index in [4.69, 9.17) is 30.5 Å². The Hall–Kier alpha value is -3.13. The average Bonchev–Trinajstić information content (AvgIpc) is 3.55. The van der Waals surface area contributed by atoms with Crippen molar-refractivity contribution in [2.75, 3.05) is 13.2 Å². The summed E-state index contributed by atoms with van der Waals surface area (Å²) in [6.07, 6.45) is 0.781. The number of rotatable bonds is 6. The molecule has 2 aromatic carbocycles. The summed E-state index contributed by atoms with van der Waals surface area (Å²) in [5.41, 5.74) is 3.90. The zero-order chi connectivity index (χ0) is 22.2. The second-order valence-corrected chi connectivity index (χ2v) is 8.59. The van der Waals surface area contributed by atoms with Crippen molar-refractivity contribution in [3.8, 4) is 23.0 Å². The monoisotopic (exact) mass is 463 g/mol. The normalized spacial score (nSPS) is 21.9. The van der Waals surface area contributed by atoms with Gasteiger partial charge < -0.3 is 23.9 Å². The van der Waals surface area contributed by atoms with E-state index in [0.717, 1.165) is 23.3 Å². The maximum absolute atomic E-state index is 6.55. The van der Waals surface area contributed by atoms with E-state index in [-0.39, 0.29) is 18.3 Å². The summed E-state index contributed by atoms with van der Waals surface area (Å²) < 4.78 is 23.4. The quantitative estimate of drug-likeness (QED) is 0.443. The highest BCUT2D eigenvalue weighted by Crippen LogP contribution is 2.32. The van der Waals surface area contributed by atoms with Crippen LogP contribution < -0.4 is 9.47 Å². The van der Waals surface area contributed by atoms with Crippen LogP contribution in [-0.2, 0) is 16.1 Å². The molecule has 7 nitrogen and oxygen atoms in total. The third-order valence-corrected chi connectivity index (χ3v) is 6.25. The standard InChI is InChI=1S/C25H22ClN3O4/c26-18-12-19-24(29-25(27-19)33-21-14-32-20-10-11-30-23(20)21)28-22(18)16-6-8-17(9-7-16)31-13-15-4-2-1-3-5-15/h1-9,12,20-21,23H,10-11,13-14H2,(H,27,28,29)/t20?,21?,23-/m0/s1. The Kier molecular flexibility index (Phi) is 5.38. The van der Waals surface area contributed by atoms with Crippen LogP contribution in [0.25, 0.3) is 22.4 Å². The molecular weight excluding hydrogens is 442 g/mol. The van der Waals surface area contributed by atoms with Crippen molar-refractivity contribution < 1.29 is 18.9 Å². The maximum Gasteiger partial charge on any atom is 0.296 e. The van der Waals surface area contributed by atoms with E-state index in [1.807, 2.05) is 60.7 Å². The lowest BCUT2D eigenvalue weighted by Crippen LogP contribution is -2.32. The van der Waals surface area contributed by atoms with Crippen molar-refractivity contribution in [3.63, 3.8) is 0 Å². The van der Waals surface area contributed by atoms with Gasteiger partial charge in [0.2, 0.25) is 0 Å². The molecule has 0 saturated carbocycles. The molecule has 0 aliphatic carbocycles. The first-order valence-corrected chi connectivity index (χ1v) is 11.3. The number of nitrogens with one attached hydrogen (secondary N) is 1. The van der Waals surface area contributed by atoms with Gasteiger partial charge in [-0.1, -0.05) is 41.9 Å². The van der Waals surface area contributed by atoms with E-state index in [1.165, 1.54) is 0 Å². The van der Waals surface area contributed by atoms with Gasteiger partial charge in [0, 0.05) is 12.2 Å². The second-order valence-electron chi connectivity index (χ2n) is 8.18. The van der Waals surface area contributed by atoms with Crippen LogP contribution in [0.15, 0.2) is 60.7 Å². The Labute approximate surface area is 195 Å². The number of nitrogens with zero attached hydrogens (tertiary/aromatic N) is 2. The number of aromatic amines is 1. The summed E-state index contributed by atoms with van der Waals surface area (Å²) in [6.45, 7) is 1.70. The van der Waals surface area contributed by atoms with E-state index < -0.39 is 0 Å². The predicted molar refractivity (Wildman–Crippen MR) is 124 cm³/mol. The fourth-order valence-corrected chi connectivity index (χ4v) is 4.54. The molecule has 0 bridgehead atoms. The zero-order valence-electron chi connectivity index (χ0n) is 17.7. The number of fused-ring (bicyclic) bond motifs is 2. The minimum absolute atomic E-state index is 0.0482. The van der Waals surface area contributed by atoms with Crippen molar-refractivity contribution in [1.82, 2.24) is 15.0 Å². The predicted octanol–water partition coefficient (Wildman–Crippen LogP) is 4.79. The molecule has 2 saturated heterocycles. The Morgan fingerprint density at radius 2 is 1.88 bits per heavy atom. The summed E-state index contributed by atoms with van der Waals surface area (Å²) in [5.74, 6) is 0.779. The van der Waals surface area contributed by atoms with Gasteiger partial charge >= 0.3 is 0 Å². The minimum atomic E-state index is -0.184. The van der Waals surface area contributed by atoms with Crippen LogP contribution in [0.3, 0.4) is 0 Å². The number of hydrogen-bond acceptors (Lipinski definition) is 6. The highest BCUT2D eigenvalue weighted by Gasteiger charge is 2.43. The highest BCUT2D eigenvalue weighted by molar-refractivity contribution is 6.33. The molecule has 4 heterocycles. The molecule has 33 heavy (non-hydrogen) atoms. The van der Waals surface area contributed by atoms with Gasteiger partial charge in [0.25, 0.3) is 6.01 Å². The van der Waals surface area contributed by atoms with Gasteiger partial charge in [-0.2, -0.15) is 4.98 Å². The number of benzene rings is 2. The highest BCUT2D eigenvalue weighted by atomic mass is 35.5. The lowest BCUT2D eigenvalue weighted by molar-refractivity contribution is 0.0273. The lowest BCUT2D eigenvalue weighted by atomic mass is 10.1. The molecule has 6 rings (SSSR count). The van der Waals surface area contributed by atoms with Crippen LogP contribution in [0.4, 0.5) is 0 Å². The van der Waals surface area contributed by atoms with E-state index in [0.29, 0.717) is 47.7 Å². The molecule has 8 heteroatoms. The van der Waals surface area contributed by atoms with Crippen LogP contribution in [0.5, 0.6) is 11.8 Å². The van der Waals surface area contributed by atoms with Gasteiger partial charge in [-0.05, 0) is 42.3 Å². The SMILES string of the molecule is Clc1cc2[nH]c(OC3COC4CCO[C@@H]43)nc2nc1-c1ccc(OCc2ccccc2)cc1. The molecule has 2 aromatic heterocycles. The molecule has 2 aliphatic heterocycles. The van der Waals surface area contributed by atoms with Gasteiger partial charge in [-0.15, -0.1) is 0 Å². The maximum atomic E-state index is 6.55. The van der Waals surface area contributed by atoms with Gasteiger partial charge in [0.15, 0.2) is 11.8 Å². The van der Waals surface area contributed by atoms with Crippen molar-refractivity contribution in [1.29, 1.82) is 0 Å². The van der Waals surface area contributed by atoms with Crippen molar-refractivity contribution in [3.05, 3.63) is 71.2 Å².